The molecular formula is C8H11F3N2O. The summed E-state index contributed by atoms with van der Waals surface area (Å²) in [6.07, 6.45) is -3.86. The average Bonchev–Trinajstić information content (AvgIpc) is 2.27. The van der Waals surface area contributed by atoms with Crippen LogP contribution in [0.25, 0.3) is 0 Å². The van der Waals surface area contributed by atoms with Crippen LogP contribution in [0.3, 0.4) is 0 Å². The summed E-state index contributed by atoms with van der Waals surface area (Å²) in [5, 5.41) is 12.3. The molecule has 0 aliphatic rings. The van der Waals surface area contributed by atoms with E-state index < -0.39 is 18.0 Å². The minimum Gasteiger partial charge on any atom is -0.391 e. The van der Waals surface area contributed by atoms with Crippen LogP contribution in [-0.2, 0) is 12.7 Å². The molecule has 14 heavy (non-hydrogen) atoms. The number of alkyl halides is 3. The van der Waals surface area contributed by atoms with Crippen molar-refractivity contribution in [3.8, 4) is 0 Å². The Labute approximate surface area is 79.2 Å². The Morgan fingerprint density at radius 3 is 2.50 bits per heavy atom. The minimum atomic E-state index is -4.42. The fourth-order valence-corrected chi connectivity index (χ4v) is 1.17. The zero-order valence-electron chi connectivity index (χ0n) is 7.84. The molecule has 1 rings (SSSR count). The largest absolute Gasteiger partial charge is 0.435 e. The Kier molecular flexibility index (Phi) is 2.84. The van der Waals surface area contributed by atoms with Crippen molar-refractivity contribution in [3.63, 3.8) is 0 Å². The van der Waals surface area contributed by atoms with Crippen LogP contribution >= 0.6 is 0 Å². The molecule has 1 unspecified atom stereocenters. The van der Waals surface area contributed by atoms with E-state index in [-0.39, 0.29) is 12.1 Å². The standard InChI is InChI=1S/C8H11F3N2O/c1-5-3-13(4-6(2)14)12-7(5)8(9,10)11/h3,6,14H,4H2,1-2H3. The molecule has 0 aliphatic carbocycles. The van der Waals surface area contributed by atoms with Gasteiger partial charge < -0.3 is 5.11 Å². The van der Waals surface area contributed by atoms with E-state index >= 15 is 0 Å². The number of rotatable bonds is 2. The van der Waals surface area contributed by atoms with Crippen molar-refractivity contribution in [2.45, 2.75) is 32.7 Å². The van der Waals surface area contributed by atoms with E-state index in [1.807, 2.05) is 0 Å². The van der Waals surface area contributed by atoms with Crippen LogP contribution in [-0.4, -0.2) is 21.0 Å². The van der Waals surface area contributed by atoms with Crippen LogP contribution in [0, 0.1) is 6.92 Å². The summed E-state index contributed by atoms with van der Waals surface area (Å²) in [5.74, 6) is 0. The lowest BCUT2D eigenvalue weighted by Crippen LogP contribution is -2.14. The highest BCUT2D eigenvalue weighted by Crippen LogP contribution is 2.30. The van der Waals surface area contributed by atoms with Gasteiger partial charge >= 0.3 is 6.18 Å². The summed E-state index contributed by atoms with van der Waals surface area (Å²) in [5.41, 5.74) is -0.823. The molecule has 0 amide bonds. The number of aliphatic hydroxyl groups is 1. The van der Waals surface area contributed by atoms with Gasteiger partial charge in [-0.25, -0.2) is 0 Å². The quantitative estimate of drug-likeness (QED) is 0.801. The summed E-state index contributed by atoms with van der Waals surface area (Å²) in [6, 6.07) is 0. The van der Waals surface area contributed by atoms with Gasteiger partial charge in [0.2, 0.25) is 0 Å². The van der Waals surface area contributed by atoms with Gasteiger partial charge in [-0.2, -0.15) is 18.3 Å². The lowest BCUT2D eigenvalue weighted by Gasteiger charge is -2.04. The summed E-state index contributed by atoms with van der Waals surface area (Å²) < 4.78 is 37.9. The zero-order chi connectivity index (χ0) is 10.9. The first-order valence-electron chi connectivity index (χ1n) is 4.10. The van der Waals surface area contributed by atoms with Crippen molar-refractivity contribution in [1.82, 2.24) is 9.78 Å². The third-order valence-corrected chi connectivity index (χ3v) is 1.66. The normalized spacial score (nSPS) is 14.4. The van der Waals surface area contributed by atoms with Crippen molar-refractivity contribution in [2.24, 2.45) is 0 Å². The smallest absolute Gasteiger partial charge is 0.391 e. The van der Waals surface area contributed by atoms with E-state index in [1.54, 1.807) is 0 Å². The monoisotopic (exact) mass is 208 g/mol. The highest BCUT2D eigenvalue weighted by Gasteiger charge is 2.35. The van der Waals surface area contributed by atoms with Gasteiger partial charge in [-0.3, -0.25) is 4.68 Å². The van der Waals surface area contributed by atoms with Crippen molar-refractivity contribution >= 4 is 0 Å². The number of aromatic nitrogens is 2. The molecule has 0 aromatic carbocycles. The van der Waals surface area contributed by atoms with Crippen LogP contribution in [0.1, 0.15) is 18.2 Å². The number of nitrogens with zero attached hydrogens (tertiary/aromatic N) is 2. The molecule has 0 saturated heterocycles. The lowest BCUT2D eigenvalue weighted by molar-refractivity contribution is -0.142. The van der Waals surface area contributed by atoms with Gasteiger partial charge in [0.15, 0.2) is 5.69 Å². The second-order valence-electron chi connectivity index (χ2n) is 3.23. The first-order valence-corrected chi connectivity index (χ1v) is 4.10. The maximum atomic E-state index is 12.3. The van der Waals surface area contributed by atoms with Crippen LogP contribution in [0.4, 0.5) is 13.2 Å². The van der Waals surface area contributed by atoms with E-state index in [2.05, 4.69) is 5.10 Å². The highest BCUT2D eigenvalue weighted by atomic mass is 19.4. The number of hydrogen-bond donors (Lipinski definition) is 1. The van der Waals surface area contributed by atoms with Gasteiger partial charge in [0.1, 0.15) is 0 Å². The summed E-state index contributed by atoms with van der Waals surface area (Å²) in [4.78, 5) is 0. The van der Waals surface area contributed by atoms with Crippen molar-refractivity contribution in [3.05, 3.63) is 17.5 Å². The van der Waals surface area contributed by atoms with Crippen molar-refractivity contribution < 1.29 is 18.3 Å². The van der Waals surface area contributed by atoms with Gasteiger partial charge in [-0.1, -0.05) is 0 Å². The van der Waals surface area contributed by atoms with E-state index in [4.69, 9.17) is 5.11 Å². The molecule has 1 aromatic heterocycles. The number of hydrogen-bond acceptors (Lipinski definition) is 2. The topological polar surface area (TPSA) is 38.0 Å². The molecule has 1 heterocycles. The fourth-order valence-electron chi connectivity index (χ4n) is 1.17. The van der Waals surface area contributed by atoms with Gasteiger partial charge in [-0.05, 0) is 19.4 Å². The average molecular weight is 208 g/mol. The van der Waals surface area contributed by atoms with Gasteiger partial charge in [0, 0.05) is 6.20 Å². The zero-order valence-corrected chi connectivity index (χ0v) is 7.84. The van der Waals surface area contributed by atoms with Gasteiger partial charge in [-0.15, -0.1) is 0 Å². The second-order valence-corrected chi connectivity index (χ2v) is 3.23. The van der Waals surface area contributed by atoms with E-state index in [0.29, 0.717) is 0 Å². The highest BCUT2D eigenvalue weighted by molar-refractivity contribution is 5.17. The van der Waals surface area contributed by atoms with E-state index in [1.165, 1.54) is 20.0 Å². The molecular weight excluding hydrogens is 197 g/mol. The molecule has 0 saturated carbocycles. The second kappa shape index (κ2) is 3.61. The Morgan fingerprint density at radius 1 is 1.57 bits per heavy atom. The molecule has 1 aromatic rings. The Balaban J connectivity index is 2.94. The fraction of sp³-hybridized carbons (Fsp3) is 0.625. The molecule has 0 fully saturated rings. The molecule has 0 spiro atoms. The molecule has 80 valence electrons. The van der Waals surface area contributed by atoms with Gasteiger partial charge in [0.25, 0.3) is 0 Å². The summed E-state index contributed by atoms with van der Waals surface area (Å²) >= 11 is 0. The number of aliphatic hydroxyl groups excluding tert-OH is 1. The van der Waals surface area contributed by atoms with Crippen LogP contribution < -0.4 is 0 Å². The van der Waals surface area contributed by atoms with Crippen molar-refractivity contribution in [2.75, 3.05) is 0 Å². The molecule has 0 radical (unpaired) electrons. The first kappa shape index (κ1) is 11.0. The molecule has 1 atom stereocenters. The molecule has 0 aliphatic heterocycles. The maximum absolute atomic E-state index is 12.3. The predicted molar refractivity (Wildman–Crippen MR) is 43.6 cm³/mol. The third-order valence-electron chi connectivity index (χ3n) is 1.66. The Morgan fingerprint density at radius 2 is 2.14 bits per heavy atom. The Bertz CT molecular complexity index is 317. The third kappa shape index (κ3) is 2.47. The number of aryl methyl sites for hydroxylation is 1. The SMILES string of the molecule is Cc1cn(CC(C)O)nc1C(F)(F)F. The maximum Gasteiger partial charge on any atom is 0.435 e. The molecule has 0 bridgehead atoms. The molecule has 3 nitrogen and oxygen atoms in total. The molecule has 1 N–H and O–H groups in total. The van der Waals surface area contributed by atoms with Gasteiger partial charge in [0.05, 0.1) is 12.6 Å². The van der Waals surface area contributed by atoms with Crippen LogP contribution in [0.5, 0.6) is 0 Å². The summed E-state index contributed by atoms with van der Waals surface area (Å²) in [6.45, 7) is 2.90. The minimum absolute atomic E-state index is 0.0664. The Hall–Kier alpha value is -1.04. The van der Waals surface area contributed by atoms with Crippen molar-refractivity contribution in [1.29, 1.82) is 0 Å². The summed E-state index contributed by atoms with van der Waals surface area (Å²) in [7, 11) is 0. The first-order chi connectivity index (χ1) is 6.30. The lowest BCUT2D eigenvalue weighted by atomic mass is 10.3. The van der Waals surface area contributed by atoms with Crippen LogP contribution in [0.2, 0.25) is 0 Å². The van der Waals surface area contributed by atoms with E-state index in [9.17, 15) is 13.2 Å². The number of halogens is 3. The van der Waals surface area contributed by atoms with E-state index in [0.717, 1.165) is 4.68 Å². The molecule has 6 heteroatoms. The predicted octanol–water partition coefficient (Wildman–Crippen LogP) is 1.59. The van der Waals surface area contributed by atoms with Crippen LogP contribution in [0.15, 0.2) is 6.20 Å².